The molecular formula is C36H21N3S. The summed E-state index contributed by atoms with van der Waals surface area (Å²) in [6.45, 7) is 0. The molecule has 40 heavy (non-hydrogen) atoms. The van der Waals surface area contributed by atoms with Gasteiger partial charge in [0, 0.05) is 31.5 Å². The van der Waals surface area contributed by atoms with Gasteiger partial charge in [0.05, 0.1) is 22.1 Å². The quantitative estimate of drug-likeness (QED) is 0.229. The van der Waals surface area contributed by atoms with Crippen LogP contribution in [0.4, 0.5) is 0 Å². The van der Waals surface area contributed by atoms with Crippen LogP contribution in [0, 0.1) is 0 Å². The molecule has 186 valence electrons. The number of nitrogens with zero attached hydrogens (tertiary/aromatic N) is 3. The summed E-state index contributed by atoms with van der Waals surface area (Å²) in [5, 5.41) is 5.20. The average Bonchev–Trinajstić information content (AvgIpc) is 3.37. The Morgan fingerprint density at radius 3 is 1.93 bits per heavy atom. The number of para-hydroxylation sites is 2. The molecule has 0 amide bonds. The molecule has 4 heteroatoms. The Bertz CT molecular complexity index is 2280. The highest BCUT2D eigenvalue weighted by molar-refractivity contribution is 8.00. The Morgan fingerprint density at radius 2 is 1.10 bits per heavy atom. The second kappa shape index (κ2) is 8.28. The van der Waals surface area contributed by atoms with E-state index in [1.54, 1.807) is 0 Å². The minimum Gasteiger partial charge on any atom is -0.292 e. The van der Waals surface area contributed by atoms with E-state index in [2.05, 4.69) is 108 Å². The number of hydrogen-bond acceptors (Lipinski definition) is 3. The zero-order valence-electron chi connectivity index (χ0n) is 21.4. The van der Waals surface area contributed by atoms with Crippen molar-refractivity contribution in [3.8, 4) is 28.2 Å². The Kier molecular flexibility index (Phi) is 4.54. The molecule has 1 aliphatic rings. The minimum atomic E-state index is 0.854. The van der Waals surface area contributed by atoms with Crippen LogP contribution >= 0.6 is 11.8 Å². The van der Waals surface area contributed by atoms with Crippen LogP contribution in [0.3, 0.4) is 0 Å². The third-order valence-corrected chi connectivity index (χ3v) is 9.09. The van der Waals surface area contributed by atoms with Crippen LogP contribution in [0.5, 0.6) is 0 Å². The van der Waals surface area contributed by atoms with E-state index in [0.29, 0.717) is 0 Å². The molecule has 1 aliphatic heterocycles. The Morgan fingerprint density at radius 1 is 0.450 bits per heavy atom. The van der Waals surface area contributed by atoms with E-state index in [4.69, 9.17) is 9.97 Å². The van der Waals surface area contributed by atoms with E-state index in [1.165, 1.54) is 42.5 Å². The number of hydrogen-bond donors (Lipinski definition) is 0. The van der Waals surface area contributed by atoms with Gasteiger partial charge in [0.2, 0.25) is 0 Å². The van der Waals surface area contributed by atoms with Crippen molar-refractivity contribution in [3.05, 3.63) is 127 Å². The summed E-state index contributed by atoms with van der Waals surface area (Å²) >= 11 is 1.86. The van der Waals surface area contributed by atoms with Crippen LogP contribution < -0.4 is 0 Å². The molecule has 0 saturated carbocycles. The first kappa shape index (κ1) is 21.9. The highest BCUT2D eigenvalue weighted by Gasteiger charge is 2.25. The molecule has 2 aromatic heterocycles. The average molecular weight is 528 g/mol. The highest BCUT2D eigenvalue weighted by Crippen LogP contribution is 2.50. The van der Waals surface area contributed by atoms with E-state index < -0.39 is 0 Å². The van der Waals surface area contributed by atoms with E-state index >= 15 is 0 Å². The maximum Gasteiger partial charge on any atom is 0.165 e. The van der Waals surface area contributed by atoms with Gasteiger partial charge in [-0.2, -0.15) is 0 Å². The fraction of sp³-hybridized carbons (Fsp3) is 0. The summed E-state index contributed by atoms with van der Waals surface area (Å²) in [5.41, 5.74) is 8.41. The van der Waals surface area contributed by atoms with Crippen molar-refractivity contribution in [2.45, 2.75) is 9.79 Å². The van der Waals surface area contributed by atoms with E-state index in [-0.39, 0.29) is 0 Å². The third-order valence-electron chi connectivity index (χ3n) is 7.97. The molecule has 0 aliphatic carbocycles. The van der Waals surface area contributed by atoms with Crippen molar-refractivity contribution < 1.29 is 0 Å². The van der Waals surface area contributed by atoms with Gasteiger partial charge in [0.1, 0.15) is 5.69 Å². The summed E-state index contributed by atoms with van der Waals surface area (Å²) < 4.78 is 2.33. The van der Waals surface area contributed by atoms with Crippen LogP contribution in [-0.2, 0) is 0 Å². The minimum absolute atomic E-state index is 0.854. The lowest BCUT2D eigenvalue weighted by Crippen LogP contribution is -2.03. The molecule has 0 atom stereocenters. The topological polar surface area (TPSA) is 30.7 Å². The maximum atomic E-state index is 5.30. The fourth-order valence-corrected chi connectivity index (χ4v) is 7.33. The first-order valence-corrected chi connectivity index (χ1v) is 14.2. The van der Waals surface area contributed by atoms with Crippen LogP contribution in [0.2, 0.25) is 0 Å². The zero-order valence-corrected chi connectivity index (χ0v) is 22.2. The molecule has 6 aromatic carbocycles. The smallest absolute Gasteiger partial charge is 0.165 e. The number of benzene rings is 6. The molecule has 0 spiro atoms. The predicted octanol–water partition coefficient (Wildman–Crippen LogP) is 9.68. The second-order valence-electron chi connectivity index (χ2n) is 10.2. The second-order valence-corrected chi connectivity index (χ2v) is 11.3. The molecular weight excluding hydrogens is 506 g/mol. The molecule has 3 heterocycles. The van der Waals surface area contributed by atoms with Crippen molar-refractivity contribution in [3.63, 3.8) is 0 Å². The van der Waals surface area contributed by atoms with Gasteiger partial charge in [-0.05, 0) is 52.9 Å². The summed E-state index contributed by atoms with van der Waals surface area (Å²) in [4.78, 5) is 13.1. The number of rotatable bonds is 3. The van der Waals surface area contributed by atoms with Crippen molar-refractivity contribution >= 4 is 55.4 Å². The third kappa shape index (κ3) is 3.08. The first-order chi connectivity index (χ1) is 19.8. The molecule has 0 N–H and O–H groups in total. The predicted molar refractivity (Wildman–Crippen MR) is 166 cm³/mol. The maximum absolute atomic E-state index is 5.30. The van der Waals surface area contributed by atoms with Gasteiger partial charge in [-0.1, -0.05) is 103 Å². The van der Waals surface area contributed by atoms with Crippen molar-refractivity contribution in [2.75, 3.05) is 0 Å². The van der Waals surface area contributed by atoms with Gasteiger partial charge in [0.25, 0.3) is 0 Å². The van der Waals surface area contributed by atoms with Crippen molar-refractivity contribution in [1.29, 1.82) is 0 Å². The zero-order chi connectivity index (χ0) is 26.2. The molecule has 0 unspecified atom stereocenters. The van der Waals surface area contributed by atoms with Crippen LogP contribution in [0.1, 0.15) is 0 Å². The van der Waals surface area contributed by atoms with Gasteiger partial charge < -0.3 is 0 Å². The summed E-state index contributed by atoms with van der Waals surface area (Å²) in [6.07, 6.45) is 0. The lowest BCUT2D eigenvalue weighted by atomic mass is 10.0. The molecule has 0 fully saturated rings. The summed E-state index contributed by atoms with van der Waals surface area (Å²) in [6, 6.07) is 45.1. The Hall–Kier alpha value is -4.93. The lowest BCUT2D eigenvalue weighted by molar-refractivity contribution is 1.08. The van der Waals surface area contributed by atoms with Crippen molar-refractivity contribution in [1.82, 2.24) is 14.5 Å². The molecule has 0 bridgehead atoms. The molecule has 9 rings (SSSR count). The monoisotopic (exact) mass is 527 g/mol. The standard InChI is InChI=1S/C36H21N3S/c1-2-8-22(9-3-1)23-16-18-25(19-17-23)35-36(38-27-12-5-4-11-26(27)37-35)39-28-13-7-15-31-33(28)34-29(39)21-20-24-10-6-14-30(40-31)32(24)34/h1-21H. The normalized spacial score (nSPS) is 12.4. The van der Waals surface area contributed by atoms with E-state index in [0.717, 1.165) is 39.1 Å². The van der Waals surface area contributed by atoms with Crippen LogP contribution in [0.15, 0.2) is 137 Å². The van der Waals surface area contributed by atoms with Gasteiger partial charge >= 0.3 is 0 Å². The lowest BCUT2D eigenvalue weighted by Gasteiger charge is -2.14. The fourth-order valence-electron chi connectivity index (χ4n) is 6.17. The van der Waals surface area contributed by atoms with Gasteiger partial charge in [-0.15, -0.1) is 0 Å². The molecule has 0 radical (unpaired) electrons. The highest BCUT2D eigenvalue weighted by atomic mass is 32.2. The van der Waals surface area contributed by atoms with E-state index in [1.807, 2.05) is 36.0 Å². The van der Waals surface area contributed by atoms with Crippen LogP contribution in [0.25, 0.3) is 71.8 Å². The van der Waals surface area contributed by atoms with Gasteiger partial charge in [-0.25, -0.2) is 9.97 Å². The van der Waals surface area contributed by atoms with Crippen LogP contribution in [-0.4, -0.2) is 14.5 Å². The SMILES string of the molecule is c1ccc(-c2ccc(-c3nc4ccccc4nc3-n3c4cccc5c4c4c6c(cccc6ccc43)S5)cc2)cc1. The summed E-state index contributed by atoms with van der Waals surface area (Å²) in [7, 11) is 0. The number of aromatic nitrogens is 3. The molecule has 8 aromatic rings. The number of fused-ring (bicyclic) bond motifs is 1. The first-order valence-electron chi connectivity index (χ1n) is 13.4. The summed E-state index contributed by atoms with van der Waals surface area (Å²) in [5.74, 6) is 0.854. The largest absolute Gasteiger partial charge is 0.292 e. The van der Waals surface area contributed by atoms with Gasteiger partial charge in [0.15, 0.2) is 5.82 Å². The molecule has 3 nitrogen and oxygen atoms in total. The van der Waals surface area contributed by atoms with Crippen molar-refractivity contribution in [2.24, 2.45) is 0 Å². The Balaban J connectivity index is 1.37. The Labute approximate surface area is 234 Å². The van der Waals surface area contributed by atoms with Gasteiger partial charge in [-0.3, -0.25) is 4.57 Å². The molecule has 0 saturated heterocycles. The van der Waals surface area contributed by atoms with E-state index in [9.17, 15) is 0 Å².